The van der Waals surface area contributed by atoms with Crippen molar-refractivity contribution in [3.8, 4) is 0 Å². The molecule has 402 valence electrons. The molecule has 4 heterocycles. The highest BCUT2D eigenvalue weighted by molar-refractivity contribution is 5.99. The molecule has 4 fully saturated rings. The standard InChI is InChI=1S/C52H89N9O10/c1-16-35-25-41(56(12)28-35)50(68)59(15)44-34(11)71-42(62)26-53-46(64)40(23-31(6)7)57(13)49(67)38-18-17-21-60(38)51(69)43(32(8)9)58(14)48(66)36(20-19-29(2)3)55-52(70)61-27-33(10)24-39(61)45(63)37(22-30(4)5)54-47(44)65/h29-41,43-44H,16-28H2,1-15H3,(H,53,64)(H,54,65)(H,55,70). The molecule has 19 nitrogen and oxygen atoms in total. The molecule has 19 heteroatoms. The van der Waals surface area contributed by atoms with Gasteiger partial charge in [0, 0.05) is 40.8 Å². The number of hydrogen-bond donors (Lipinski definition) is 3. The van der Waals surface area contributed by atoms with Crippen molar-refractivity contribution in [1.82, 2.24) is 45.3 Å². The summed E-state index contributed by atoms with van der Waals surface area (Å²) in [6.07, 6.45) is 2.53. The monoisotopic (exact) mass is 1000 g/mol. The van der Waals surface area contributed by atoms with E-state index in [1.165, 1.54) is 52.6 Å². The Morgan fingerprint density at radius 3 is 1.97 bits per heavy atom. The number of nitrogens with one attached hydrogen (secondary N) is 3. The third kappa shape index (κ3) is 14.7. The minimum absolute atomic E-state index is 0.0653. The van der Waals surface area contributed by atoms with E-state index in [4.69, 9.17) is 4.74 Å². The molecule has 3 N–H and O–H groups in total. The van der Waals surface area contributed by atoms with Gasteiger partial charge in [0.15, 0.2) is 5.78 Å². The number of hydrogen-bond acceptors (Lipinski definition) is 11. The van der Waals surface area contributed by atoms with Crippen molar-refractivity contribution < 1.29 is 47.9 Å². The van der Waals surface area contributed by atoms with E-state index >= 15 is 0 Å². The maximum absolute atomic E-state index is 14.9. The van der Waals surface area contributed by atoms with Crippen LogP contribution in [0.3, 0.4) is 0 Å². The Bertz CT molecular complexity index is 1930. The fourth-order valence-corrected chi connectivity index (χ4v) is 11.1. The molecule has 4 saturated heterocycles. The Balaban J connectivity index is 1.84. The van der Waals surface area contributed by atoms with Gasteiger partial charge in [-0.15, -0.1) is 0 Å². The van der Waals surface area contributed by atoms with Crippen molar-refractivity contribution in [3.05, 3.63) is 0 Å². The van der Waals surface area contributed by atoms with Crippen LogP contribution in [0.1, 0.15) is 134 Å². The summed E-state index contributed by atoms with van der Waals surface area (Å²) in [7, 11) is 6.37. The fourth-order valence-electron chi connectivity index (χ4n) is 11.1. The zero-order valence-corrected chi connectivity index (χ0v) is 45.6. The van der Waals surface area contributed by atoms with Gasteiger partial charge in [0.25, 0.3) is 0 Å². The number of amides is 8. The fraction of sp³-hybridized carbons (Fsp3) is 0.827. The molecule has 4 aliphatic heterocycles. The van der Waals surface area contributed by atoms with Crippen molar-refractivity contribution in [2.75, 3.05) is 54.4 Å². The first-order chi connectivity index (χ1) is 33.2. The highest BCUT2D eigenvalue weighted by Gasteiger charge is 2.47. The molecule has 0 bridgehead atoms. The number of ketones is 1. The van der Waals surface area contributed by atoms with Crippen molar-refractivity contribution in [2.45, 2.75) is 188 Å². The van der Waals surface area contributed by atoms with Gasteiger partial charge < -0.3 is 45.2 Å². The highest BCUT2D eigenvalue weighted by atomic mass is 16.5. The summed E-state index contributed by atoms with van der Waals surface area (Å²) in [6.45, 7) is 21.2. The second kappa shape index (κ2) is 25.7. The summed E-state index contributed by atoms with van der Waals surface area (Å²) in [4.78, 5) is 139. The minimum Gasteiger partial charge on any atom is -0.459 e. The van der Waals surface area contributed by atoms with E-state index in [-0.39, 0.29) is 67.8 Å². The molecule has 4 rings (SSSR count). The van der Waals surface area contributed by atoms with Crippen LogP contribution in [0.25, 0.3) is 0 Å². The number of likely N-dealkylation sites (tertiary alicyclic amines) is 1. The lowest BCUT2D eigenvalue weighted by molar-refractivity contribution is -0.159. The minimum atomic E-state index is -1.41. The average Bonchev–Trinajstić information content (AvgIpc) is 4.05. The second-order valence-electron chi connectivity index (χ2n) is 22.8. The zero-order valence-electron chi connectivity index (χ0n) is 45.6. The number of fused-ring (bicyclic) bond motifs is 2. The van der Waals surface area contributed by atoms with E-state index in [2.05, 4.69) is 22.9 Å². The van der Waals surface area contributed by atoms with E-state index in [1.54, 1.807) is 0 Å². The van der Waals surface area contributed by atoms with Gasteiger partial charge in [-0.1, -0.05) is 75.7 Å². The normalized spacial score (nSPS) is 30.9. The first-order valence-corrected chi connectivity index (χ1v) is 26.4. The quantitative estimate of drug-likeness (QED) is 0.255. The van der Waals surface area contributed by atoms with E-state index in [1.807, 2.05) is 74.3 Å². The molecule has 0 aromatic rings. The molecule has 4 aliphatic rings. The number of carbonyl (C=O) groups excluding carboxylic acids is 9. The predicted molar refractivity (Wildman–Crippen MR) is 269 cm³/mol. The molecule has 11 atom stereocenters. The summed E-state index contributed by atoms with van der Waals surface area (Å²) in [5, 5.41) is 8.53. The molecular formula is C52H89N9O10. The molecule has 8 amide bonds. The molecule has 0 spiro atoms. The SMILES string of the molecule is CCC1CC(C(=O)N(C)C2C(=O)NC(CC(C)C)C(=O)C3CC(C)CN3C(=O)NC(CCC(C)C)C(=O)N(C)C(C(C)C)C(=O)N3CCCC3C(=O)N(C)C(CC(C)C)C(=O)NCC(=O)OC2C)N(C)C1. The van der Waals surface area contributed by atoms with Crippen molar-refractivity contribution >= 4 is 53.2 Å². The third-order valence-corrected chi connectivity index (χ3v) is 15.1. The zero-order chi connectivity index (χ0) is 53.3. The van der Waals surface area contributed by atoms with Gasteiger partial charge in [-0.2, -0.15) is 0 Å². The number of esters is 1. The average molecular weight is 1000 g/mol. The first kappa shape index (κ1) is 58.8. The summed E-state index contributed by atoms with van der Waals surface area (Å²) >= 11 is 0. The maximum Gasteiger partial charge on any atom is 0.325 e. The summed E-state index contributed by atoms with van der Waals surface area (Å²) in [5.74, 6) is -4.68. The number of rotatable bonds is 11. The van der Waals surface area contributed by atoms with Gasteiger partial charge in [-0.25, -0.2) is 4.79 Å². The van der Waals surface area contributed by atoms with Crippen molar-refractivity contribution in [1.29, 1.82) is 0 Å². The van der Waals surface area contributed by atoms with Gasteiger partial charge in [0.1, 0.15) is 42.9 Å². The van der Waals surface area contributed by atoms with E-state index < -0.39 is 114 Å². The smallest absolute Gasteiger partial charge is 0.325 e. The van der Waals surface area contributed by atoms with Crippen LogP contribution in [0.4, 0.5) is 4.79 Å². The number of ether oxygens (including phenoxy) is 1. The van der Waals surface area contributed by atoms with Crippen molar-refractivity contribution in [3.63, 3.8) is 0 Å². The topological polar surface area (TPSA) is 218 Å². The van der Waals surface area contributed by atoms with Gasteiger partial charge in [0.2, 0.25) is 35.4 Å². The number of nitrogens with zero attached hydrogens (tertiary/aromatic N) is 6. The van der Waals surface area contributed by atoms with Crippen LogP contribution in [0.15, 0.2) is 0 Å². The summed E-state index contributed by atoms with van der Waals surface area (Å²) in [6, 6.07) is -8.74. The first-order valence-electron chi connectivity index (χ1n) is 26.4. The molecule has 71 heavy (non-hydrogen) atoms. The third-order valence-electron chi connectivity index (χ3n) is 15.1. The van der Waals surface area contributed by atoms with Gasteiger partial charge >= 0.3 is 12.0 Å². The Morgan fingerprint density at radius 2 is 1.39 bits per heavy atom. The molecule has 11 unspecified atom stereocenters. The lowest BCUT2D eigenvalue weighted by Crippen LogP contribution is -2.61. The van der Waals surface area contributed by atoms with E-state index in [9.17, 15) is 43.2 Å². The summed E-state index contributed by atoms with van der Waals surface area (Å²) < 4.78 is 5.88. The molecular weight excluding hydrogens is 911 g/mol. The number of cyclic esters (lactones) is 1. The molecule has 0 radical (unpaired) electrons. The van der Waals surface area contributed by atoms with Crippen LogP contribution < -0.4 is 16.0 Å². The lowest BCUT2D eigenvalue weighted by atomic mass is 9.93. The van der Waals surface area contributed by atoms with Gasteiger partial charge in [-0.05, 0) is 101 Å². The largest absolute Gasteiger partial charge is 0.459 e. The number of carbonyl (C=O) groups is 9. The maximum atomic E-state index is 14.9. The van der Waals surface area contributed by atoms with Crippen LogP contribution >= 0.6 is 0 Å². The van der Waals surface area contributed by atoms with Crippen LogP contribution in [-0.2, 0) is 43.1 Å². The Hall–Kier alpha value is -4.81. The lowest BCUT2D eigenvalue weighted by Gasteiger charge is -2.38. The molecule has 0 aromatic heterocycles. The van der Waals surface area contributed by atoms with Crippen LogP contribution in [-0.4, -0.2) is 191 Å². The highest BCUT2D eigenvalue weighted by Crippen LogP contribution is 2.30. The molecule has 0 aromatic carbocycles. The van der Waals surface area contributed by atoms with E-state index in [0.29, 0.717) is 38.6 Å². The number of urea groups is 1. The number of Topliss-reactive ketones (excluding diaryl/α,β-unsaturated/α-hetero) is 1. The van der Waals surface area contributed by atoms with Crippen LogP contribution in [0, 0.1) is 35.5 Å². The Morgan fingerprint density at radius 1 is 0.746 bits per heavy atom. The molecule has 0 aliphatic carbocycles. The second-order valence-corrected chi connectivity index (χ2v) is 22.8. The van der Waals surface area contributed by atoms with Crippen molar-refractivity contribution in [2.24, 2.45) is 35.5 Å². The van der Waals surface area contributed by atoms with Crippen LogP contribution in [0.5, 0.6) is 0 Å². The Labute approximate surface area is 423 Å². The number of likely N-dealkylation sites (N-methyl/N-ethyl adjacent to an activating group) is 4. The molecule has 0 saturated carbocycles. The van der Waals surface area contributed by atoms with Gasteiger partial charge in [-0.3, -0.25) is 43.3 Å². The Kier molecular flexibility index (Phi) is 21.3. The predicted octanol–water partition coefficient (Wildman–Crippen LogP) is 3.28. The van der Waals surface area contributed by atoms with Crippen LogP contribution in [0.2, 0.25) is 0 Å². The van der Waals surface area contributed by atoms with Gasteiger partial charge in [0.05, 0.1) is 18.1 Å². The summed E-state index contributed by atoms with van der Waals surface area (Å²) in [5.41, 5.74) is 0. The van der Waals surface area contributed by atoms with E-state index in [0.717, 1.165) is 6.42 Å².